The molecule has 1 aromatic rings. The van der Waals surface area contributed by atoms with Crippen LogP contribution in [0.15, 0.2) is 24.3 Å². The standard InChI is InChI=1S/C12H18FNO3/c13-11-1-3-12(4-2-11)17-10-9-16-8-7-15-6-5-14/h1-4H,5-10,14H2. The Balaban J connectivity index is 1.95. The first-order chi connectivity index (χ1) is 8.33. The third kappa shape index (κ3) is 6.88. The minimum absolute atomic E-state index is 0.273. The van der Waals surface area contributed by atoms with E-state index in [4.69, 9.17) is 19.9 Å². The molecule has 5 heteroatoms. The molecule has 0 fully saturated rings. The van der Waals surface area contributed by atoms with Crippen molar-refractivity contribution in [2.45, 2.75) is 0 Å². The molecule has 96 valence electrons. The highest BCUT2D eigenvalue weighted by molar-refractivity contribution is 5.21. The third-order valence-corrected chi connectivity index (χ3v) is 1.94. The normalized spacial score (nSPS) is 10.5. The summed E-state index contributed by atoms with van der Waals surface area (Å²) in [6.07, 6.45) is 0. The number of halogens is 1. The summed E-state index contributed by atoms with van der Waals surface area (Å²) in [4.78, 5) is 0. The first kappa shape index (κ1) is 13.9. The molecule has 0 unspecified atom stereocenters. The largest absolute Gasteiger partial charge is 0.491 e. The van der Waals surface area contributed by atoms with Gasteiger partial charge in [-0.25, -0.2) is 4.39 Å². The van der Waals surface area contributed by atoms with Gasteiger partial charge in [0.25, 0.3) is 0 Å². The minimum atomic E-state index is -0.273. The van der Waals surface area contributed by atoms with Crippen LogP contribution in [0.1, 0.15) is 0 Å². The molecule has 1 aromatic carbocycles. The van der Waals surface area contributed by atoms with Gasteiger partial charge in [0.1, 0.15) is 18.2 Å². The molecule has 1 rings (SSSR count). The van der Waals surface area contributed by atoms with Gasteiger partial charge in [-0.2, -0.15) is 0 Å². The van der Waals surface area contributed by atoms with Gasteiger partial charge in [-0.05, 0) is 24.3 Å². The van der Waals surface area contributed by atoms with Crippen LogP contribution in [0.3, 0.4) is 0 Å². The fourth-order valence-electron chi connectivity index (χ4n) is 1.15. The number of rotatable bonds is 9. The second kappa shape index (κ2) is 8.92. The van der Waals surface area contributed by atoms with E-state index in [0.717, 1.165) is 0 Å². The van der Waals surface area contributed by atoms with Gasteiger partial charge in [0.05, 0.1) is 26.4 Å². The van der Waals surface area contributed by atoms with Crippen molar-refractivity contribution in [3.8, 4) is 5.75 Å². The summed E-state index contributed by atoms with van der Waals surface area (Å²) in [6, 6.07) is 5.88. The average Bonchev–Trinajstić information content (AvgIpc) is 2.35. The predicted molar refractivity (Wildman–Crippen MR) is 62.6 cm³/mol. The Labute approximate surface area is 100 Å². The van der Waals surface area contributed by atoms with E-state index in [2.05, 4.69) is 0 Å². The second-order valence-corrected chi connectivity index (χ2v) is 3.32. The zero-order chi connectivity index (χ0) is 12.3. The lowest BCUT2D eigenvalue weighted by Gasteiger charge is -2.07. The third-order valence-electron chi connectivity index (χ3n) is 1.94. The Hall–Kier alpha value is -1.17. The number of nitrogens with two attached hydrogens (primary N) is 1. The lowest BCUT2D eigenvalue weighted by Crippen LogP contribution is -2.14. The summed E-state index contributed by atoms with van der Waals surface area (Å²) in [5.41, 5.74) is 5.25. The highest BCUT2D eigenvalue weighted by atomic mass is 19.1. The molecular weight excluding hydrogens is 225 g/mol. The molecule has 0 amide bonds. The van der Waals surface area contributed by atoms with Crippen LogP contribution >= 0.6 is 0 Å². The quantitative estimate of drug-likeness (QED) is 0.662. The molecule has 0 aliphatic rings. The van der Waals surface area contributed by atoms with Crippen LogP contribution in [-0.2, 0) is 9.47 Å². The van der Waals surface area contributed by atoms with Gasteiger partial charge < -0.3 is 19.9 Å². The van der Waals surface area contributed by atoms with Crippen molar-refractivity contribution in [2.24, 2.45) is 5.73 Å². The molecule has 0 saturated heterocycles. The maximum absolute atomic E-state index is 12.6. The first-order valence-electron chi connectivity index (χ1n) is 5.57. The Morgan fingerprint density at radius 3 is 2.12 bits per heavy atom. The Morgan fingerprint density at radius 1 is 0.882 bits per heavy atom. The highest BCUT2D eigenvalue weighted by Crippen LogP contribution is 2.10. The van der Waals surface area contributed by atoms with Gasteiger partial charge in [0.15, 0.2) is 0 Å². The maximum atomic E-state index is 12.6. The summed E-state index contributed by atoms with van der Waals surface area (Å²) in [5.74, 6) is 0.361. The SMILES string of the molecule is NCCOCCOCCOc1ccc(F)cc1. The van der Waals surface area contributed by atoms with Gasteiger partial charge in [-0.1, -0.05) is 0 Å². The number of hydrogen-bond acceptors (Lipinski definition) is 4. The zero-order valence-corrected chi connectivity index (χ0v) is 9.73. The van der Waals surface area contributed by atoms with E-state index in [9.17, 15) is 4.39 Å². The molecule has 0 spiro atoms. The predicted octanol–water partition coefficient (Wildman–Crippen LogP) is 1.20. The van der Waals surface area contributed by atoms with E-state index in [1.54, 1.807) is 12.1 Å². The molecular formula is C12H18FNO3. The average molecular weight is 243 g/mol. The van der Waals surface area contributed by atoms with Crippen LogP contribution < -0.4 is 10.5 Å². The van der Waals surface area contributed by atoms with Crippen molar-refractivity contribution in [2.75, 3.05) is 39.6 Å². The Kier molecular flexibility index (Phi) is 7.29. The van der Waals surface area contributed by atoms with Crippen LogP contribution in [0.25, 0.3) is 0 Å². The first-order valence-corrected chi connectivity index (χ1v) is 5.57. The maximum Gasteiger partial charge on any atom is 0.123 e. The molecule has 0 atom stereocenters. The van der Waals surface area contributed by atoms with Crippen LogP contribution in [0.2, 0.25) is 0 Å². The minimum Gasteiger partial charge on any atom is -0.491 e. The monoisotopic (exact) mass is 243 g/mol. The van der Waals surface area contributed by atoms with Crippen molar-refractivity contribution >= 4 is 0 Å². The van der Waals surface area contributed by atoms with Gasteiger partial charge >= 0.3 is 0 Å². The van der Waals surface area contributed by atoms with Crippen molar-refractivity contribution in [1.82, 2.24) is 0 Å². The van der Waals surface area contributed by atoms with Crippen molar-refractivity contribution in [3.05, 3.63) is 30.1 Å². The van der Waals surface area contributed by atoms with E-state index in [0.29, 0.717) is 45.3 Å². The molecule has 4 nitrogen and oxygen atoms in total. The lowest BCUT2D eigenvalue weighted by molar-refractivity contribution is 0.0388. The van der Waals surface area contributed by atoms with E-state index in [-0.39, 0.29) is 5.82 Å². The molecule has 0 aromatic heterocycles. The van der Waals surface area contributed by atoms with Crippen LogP contribution in [0.5, 0.6) is 5.75 Å². The van der Waals surface area contributed by atoms with Gasteiger partial charge in [0.2, 0.25) is 0 Å². The summed E-state index contributed by atoms with van der Waals surface area (Å²) in [7, 11) is 0. The van der Waals surface area contributed by atoms with E-state index < -0.39 is 0 Å². The van der Waals surface area contributed by atoms with E-state index in [1.807, 2.05) is 0 Å². The van der Waals surface area contributed by atoms with Crippen molar-refractivity contribution < 1.29 is 18.6 Å². The molecule has 0 bridgehead atoms. The van der Waals surface area contributed by atoms with E-state index >= 15 is 0 Å². The summed E-state index contributed by atoms with van der Waals surface area (Å²) in [5, 5.41) is 0. The fourth-order valence-corrected chi connectivity index (χ4v) is 1.15. The van der Waals surface area contributed by atoms with Crippen LogP contribution in [0.4, 0.5) is 4.39 Å². The topological polar surface area (TPSA) is 53.7 Å². The fraction of sp³-hybridized carbons (Fsp3) is 0.500. The molecule has 0 aliphatic heterocycles. The summed E-state index contributed by atoms with van der Waals surface area (Å²) < 4.78 is 28.3. The van der Waals surface area contributed by atoms with Crippen LogP contribution in [0, 0.1) is 5.82 Å². The number of ether oxygens (including phenoxy) is 3. The van der Waals surface area contributed by atoms with Gasteiger partial charge in [0, 0.05) is 6.54 Å². The summed E-state index contributed by atoms with van der Waals surface area (Å²) in [6.45, 7) is 3.04. The molecule has 0 aliphatic carbocycles. The second-order valence-electron chi connectivity index (χ2n) is 3.32. The molecule has 0 saturated carbocycles. The van der Waals surface area contributed by atoms with E-state index in [1.165, 1.54) is 12.1 Å². The zero-order valence-electron chi connectivity index (χ0n) is 9.73. The molecule has 0 radical (unpaired) electrons. The Bertz CT molecular complexity index is 292. The molecule has 17 heavy (non-hydrogen) atoms. The lowest BCUT2D eigenvalue weighted by atomic mass is 10.3. The van der Waals surface area contributed by atoms with Crippen molar-refractivity contribution in [3.63, 3.8) is 0 Å². The molecule has 0 heterocycles. The van der Waals surface area contributed by atoms with Crippen LogP contribution in [-0.4, -0.2) is 39.6 Å². The smallest absolute Gasteiger partial charge is 0.123 e. The highest BCUT2D eigenvalue weighted by Gasteiger charge is 1.94. The number of hydrogen-bond donors (Lipinski definition) is 1. The van der Waals surface area contributed by atoms with Gasteiger partial charge in [-0.3, -0.25) is 0 Å². The van der Waals surface area contributed by atoms with Crippen molar-refractivity contribution in [1.29, 1.82) is 0 Å². The number of benzene rings is 1. The van der Waals surface area contributed by atoms with Gasteiger partial charge in [-0.15, -0.1) is 0 Å². The Morgan fingerprint density at radius 2 is 1.47 bits per heavy atom. The summed E-state index contributed by atoms with van der Waals surface area (Å²) >= 11 is 0. The molecule has 2 N–H and O–H groups in total.